The van der Waals surface area contributed by atoms with Crippen molar-refractivity contribution in [1.82, 2.24) is 0 Å². The fourth-order valence-electron chi connectivity index (χ4n) is 2.07. The second-order valence-corrected chi connectivity index (χ2v) is 5.20. The summed E-state index contributed by atoms with van der Waals surface area (Å²) in [5.41, 5.74) is 0.770. The van der Waals surface area contributed by atoms with E-state index >= 15 is 0 Å². The van der Waals surface area contributed by atoms with Crippen LogP contribution in [0.3, 0.4) is 0 Å². The van der Waals surface area contributed by atoms with Crippen molar-refractivity contribution >= 4 is 12.0 Å². The largest absolute Gasteiger partial charge is 0.504 e. The zero-order chi connectivity index (χ0) is 16.2. The van der Waals surface area contributed by atoms with Gasteiger partial charge in [-0.2, -0.15) is 0 Å². The fourth-order valence-corrected chi connectivity index (χ4v) is 2.07. The number of phenolic OH excluding ortho intramolecular Hbond substituents is 1. The Morgan fingerprint density at radius 2 is 1.91 bits per heavy atom. The van der Waals surface area contributed by atoms with Gasteiger partial charge in [-0.1, -0.05) is 45.1 Å². The van der Waals surface area contributed by atoms with E-state index in [1.165, 1.54) is 44.9 Å². The smallest absolute Gasteiger partial charge is 0.330 e. The van der Waals surface area contributed by atoms with Crippen LogP contribution in [0.2, 0.25) is 0 Å². The number of unbranched alkanes of at least 4 members (excludes halogenated alkanes) is 5. The number of ether oxygens (including phenoxy) is 2. The van der Waals surface area contributed by atoms with E-state index in [1.807, 2.05) is 0 Å². The molecule has 0 aliphatic carbocycles. The maximum Gasteiger partial charge on any atom is 0.330 e. The summed E-state index contributed by atoms with van der Waals surface area (Å²) in [5.74, 6) is 0.105. The van der Waals surface area contributed by atoms with Gasteiger partial charge >= 0.3 is 5.97 Å². The van der Waals surface area contributed by atoms with Crippen LogP contribution in [0.15, 0.2) is 24.3 Å². The molecule has 0 fully saturated rings. The Morgan fingerprint density at radius 3 is 2.64 bits per heavy atom. The Bertz CT molecular complexity index is 480. The van der Waals surface area contributed by atoms with Crippen molar-refractivity contribution in [1.29, 1.82) is 0 Å². The lowest BCUT2D eigenvalue weighted by atomic mass is 10.1. The number of carbonyl (C=O) groups is 1. The predicted molar refractivity (Wildman–Crippen MR) is 88.0 cm³/mol. The van der Waals surface area contributed by atoms with Gasteiger partial charge in [0.1, 0.15) is 0 Å². The van der Waals surface area contributed by atoms with Gasteiger partial charge in [0.15, 0.2) is 11.5 Å². The molecule has 0 aromatic heterocycles. The topological polar surface area (TPSA) is 55.8 Å². The van der Waals surface area contributed by atoms with Crippen molar-refractivity contribution in [2.24, 2.45) is 0 Å². The summed E-state index contributed by atoms with van der Waals surface area (Å²) >= 11 is 0. The van der Waals surface area contributed by atoms with Crippen molar-refractivity contribution in [3.05, 3.63) is 29.8 Å². The Labute approximate surface area is 132 Å². The number of rotatable bonds is 10. The van der Waals surface area contributed by atoms with Gasteiger partial charge in [-0.25, -0.2) is 4.79 Å². The molecule has 122 valence electrons. The third-order valence-electron chi connectivity index (χ3n) is 3.36. The van der Waals surface area contributed by atoms with Gasteiger partial charge in [-0.05, 0) is 30.2 Å². The number of aromatic hydroxyl groups is 1. The van der Waals surface area contributed by atoms with E-state index in [0.717, 1.165) is 18.4 Å². The Balaban J connectivity index is 2.27. The lowest BCUT2D eigenvalue weighted by molar-refractivity contribution is -0.137. The van der Waals surface area contributed by atoms with E-state index in [4.69, 9.17) is 9.47 Å². The minimum absolute atomic E-state index is 0.0744. The van der Waals surface area contributed by atoms with Crippen LogP contribution in [0.4, 0.5) is 0 Å². The molecule has 1 aromatic rings. The minimum atomic E-state index is -0.347. The highest BCUT2D eigenvalue weighted by atomic mass is 16.5. The molecule has 0 bridgehead atoms. The van der Waals surface area contributed by atoms with Gasteiger partial charge in [-0.15, -0.1) is 0 Å². The van der Waals surface area contributed by atoms with Crippen LogP contribution in [0.5, 0.6) is 11.5 Å². The molecule has 1 aromatic carbocycles. The molecular weight excluding hydrogens is 280 g/mol. The van der Waals surface area contributed by atoms with Crippen molar-refractivity contribution in [2.75, 3.05) is 13.7 Å². The van der Waals surface area contributed by atoms with E-state index in [-0.39, 0.29) is 11.7 Å². The number of methoxy groups -OCH3 is 1. The molecule has 0 saturated heterocycles. The summed E-state index contributed by atoms with van der Waals surface area (Å²) in [4.78, 5) is 11.6. The molecule has 0 heterocycles. The number of phenols is 1. The van der Waals surface area contributed by atoms with E-state index < -0.39 is 0 Å². The molecule has 0 amide bonds. The molecule has 4 heteroatoms. The minimum Gasteiger partial charge on any atom is -0.504 e. The average molecular weight is 306 g/mol. The number of benzene rings is 1. The highest BCUT2D eigenvalue weighted by molar-refractivity contribution is 5.87. The van der Waals surface area contributed by atoms with Crippen LogP contribution in [-0.4, -0.2) is 24.8 Å². The van der Waals surface area contributed by atoms with Gasteiger partial charge in [0.05, 0.1) is 13.7 Å². The molecule has 0 radical (unpaired) electrons. The SMILES string of the molecule is CCCCCCCCOC(=O)C=Cc1ccc(O)c(OC)c1. The van der Waals surface area contributed by atoms with Crippen LogP contribution in [0.25, 0.3) is 6.08 Å². The van der Waals surface area contributed by atoms with Crippen molar-refractivity contribution < 1.29 is 19.4 Å². The Kier molecular flexibility index (Phi) is 8.80. The molecule has 0 aliphatic heterocycles. The number of hydrogen-bond acceptors (Lipinski definition) is 4. The highest BCUT2D eigenvalue weighted by Crippen LogP contribution is 2.26. The zero-order valence-electron chi connectivity index (χ0n) is 13.5. The molecule has 0 atom stereocenters. The van der Waals surface area contributed by atoms with E-state index in [2.05, 4.69) is 6.92 Å². The van der Waals surface area contributed by atoms with E-state index in [9.17, 15) is 9.90 Å². The molecule has 1 rings (SSSR count). The van der Waals surface area contributed by atoms with Crippen LogP contribution in [0, 0.1) is 0 Å². The van der Waals surface area contributed by atoms with Crippen molar-refractivity contribution in [3.63, 3.8) is 0 Å². The summed E-state index contributed by atoms with van der Waals surface area (Å²) in [6.07, 6.45) is 10.0. The van der Waals surface area contributed by atoms with E-state index in [1.54, 1.807) is 18.2 Å². The lowest BCUT2D eigenvalue weighted by Crippen LogP contribution is -2.02. The van der Waals surface area contributed by atoms with Crippen molar-refractivity contribution in [3.8, 4) is 11.5 Å². The maximum atomic E-state index is 11.6. The number of esters is 1. The molecule has 4 nitrogen and oxygen atoms in total. The Morgan fingerprint density at radius 1 is 1.18 bits per heavy atom. The van der Waals surface area contributed by atoms with Crippen LogP contribution in [-0.2, 0) is 9.53 Å². The first-order chi connectivity index (χ1) is 10.7. The third kappa shape index (κ3) is 7.16. The molecule has 0 aliphatic rings. The first-order valence-corrected chi connectivity index (χ1v) is 7.89. The quantitative estimate of drug-likeness (QED) is 0.397. The maximum absolute atomic E-state index is 11.6. The molecule has 0 unspecified atom stereocenters. The molecule has 22 heavy (non-hydrogen) atoms. The lowest BCUT2D eigenvalue weighted by Gasteiger charge is -2.04. The average Bonchev–Trinajstić information content (AvgIpc) is 2.53. The summed E-state index contributed by atoms with van der Waals surface area (Å²) in [6.45, 7) is 2.66. The van der Waals surface area contributed by atoms with Gasteiger partial charge in [0, 0.05) is 6.08 Å². The van der Waals surface area contributed by atoms with Gasteiger partial charge in [0.25, 0.3) is 0 Å². The van der Waals surface area contributed by atoms with Gasteiger partial charge < -0.3 is 14.6 Å². The standard InChI is InChI=1S/C18H26O4/c1-3-4-5-6-7-8-13-22-18(20)12-10-15-9-11-16(19)17(14-15)21-2/h9-12,14,19H,3-8,13H2,1-2H3. The molecule has 0 spiro atoms. The van der Waals surface area contributed by atoms with Crippen LogP contribution >= 0.6 is 0 Å². The van der Waals surface area contributed by atoms with Crippen molar-refractivity contribution in [2.45, 2.75) is 45.4 Å². The normalized spacial score (nSPS) is 10.8. The molecule has 0 saturated carbocycles. The predicted octanol–water partition coefficient (Wildman–Crippen LogP) is 4.32. The molecular formula is C18H26O4. The number of carbonyl (C=O) groups excluding carboxylic acids is 1. The zero-order valence-corrected chi connectivity index (χ0v) is 13.5. The van der Waals surface area contributed by atoms with E-state index in [0.29, 0.717) is 12.4 Å². The summed E-state index contributed by atoms with van der Waals surface area (Å²) < 4.78 is 10.2. The summed E-state index contributed by atoms with van der Waals surface area (Å²) in [7, 11) is 1.48. The first kappa shape index (κ1) is 18.1. The van der Waals surface area contributed by atoms with Gasteiger partial charge in [0.2, 0.25) is 0 Å². The first-order valence-electron chi connectivity index (χ1n) is 7.89. The second kappa shape index (κ2) is 10.7. The number of hydrogen-bond donors (Lipinski definition) is 1. The summed E-state index contributed by atoms with van der Waals surface area (Å²) in [6, 6.07) is 4.89. The Hall–Kier alpha value is -1.97. The molecule has 1 N–H and O–H groups in total. The van der Waals surface area contributed by atoms with Gasteiger partial charge in [-0.3, -0.25) is 0 Å². The monoisotopic (exact) mass is 306 g/mol. The highest BCUT2D eigenvalue weighted by Gasteiger charge is 2.02. The van der Waals surface area contributed by atoms with Crippen LogP contribution in [0.1, 0.15) is 51.0 Å². The fraction of sp³-hybridized carbons (Fsp3) is 0.500. The van der Waals surface area contributed by atoms with Crippen LogP contribution < -0.4 is 4.74 Å². The summed E-state index contributed by atoms with van der Waals surface area (Å²) in [5, 5.41) is 9.49. The third-order valence-corrected chi connectivity index (χ3v) is 3.36. The second-order valence-electron chi connectivity index (χ2n) is 5.20.